The number of β-amino-alcohol motifs (C(OH)–C–C–N with tert-alkyl or cyclic N) is 1. The number of thiophene rings is 1. The minimum absolute atomic E-state index is 0.0565. The summed E-state index contributed by atoms with van der Waals surface area (Å²) in [6.07, 6.45) is 0.900. The number of aliphatic hydroxyl groups excluding tert-OH is 1. The number of nitrogens with one attached hydrogen (secondary N) is 1. The first-order chi connectivity index (χ1) is 9.28. The van der Waals surface area contributed by atoms with Crippen LogP contribution in [-0.2, 0) is 6.54 Å². The average Bonchev–Trinajstić information content (AvgIpc) is 2.72. The molecule has 20 heavy (non-hydrogen) atoms. The van der Waals surface area contributed by atoms with Crippen LogP contribution in [0.4, 0.5) is 0 Å². The predicted molar refractivity (Wildman–Crippen MR) is 82.4 cm³/mol. The second-order valence-electron chi connectivity index (χ2n) is 6.08. The molecule has 2 rings (SSSR count). The van der Waals surface area contributed by atoms with Crippen LogP contribution in [0.15, 0.2) is 16.5 Å². The first-order valence-corrected chi connectivity index (χ1v) is 7.52. The molecule has 0 saturated carbocycles. The van der Waals surface area contributed by atoms with Gasteiger partial charge in [-0.2, -0.15) is 0 Å². The van der Waals surface area contributed by atoms with Gasteiger partial charge in [-0.1, -0.05) is 0 Å². The number of rotatable bonds is 4. The van der Waals surface area contributed by atoms with Crippen LogP contribution in [0.1, 0.15) is 26.3 Å². The molecule has 0 radical (unpaired) electrons. The molecule has 0 aliphatic heterocycles. The van der Waals surface area contributed by atoms with E-state index in [0.717, 1.165) is 11.1 Å². The Labute approximate surface area is 122 Å². The second-order valence-corrected chi connectivity index (χ2v) is 6.96. The Bertz CT molecular complexity index is 654. The Morgan fingerprint density at radius 3 is 2.85 bits per heavy atom. The van der Waals surface area contributed by atoms with Crippen LogP contribution in [0.3, 0.4) is 0 Å². The standard InChI is InChI=1S/C14H21N3O2S/c1-9-7-20-12-11(9)15-8-17(13(12)19)6-10(18)5-16-14(2,3)4/h7-8,10,16,18H,5-6H2,1-4H3. The van der Waals surface area contributed by atoms with Crippen molar-refractivity contribution in [2.24, 2.45) is 0 Å². The molecule has 1 atom stereocenters. The summed E-state index contributed by atoms with van der Waals surface area (Å²) in [6, 6.07) is 0. The molecular formula is C14H21N3O2S. The third-order valence-electron chi connectivity index (χ3n) is 3.00. The van der Waals surface area contributed by atoms with E-state index in [1.807, 2.05) is 33.1 Å². The normalized spacial score (nSPS) is 13.8. The summed E-state index contributed by atoms with van der Waals surface area (Å²) < 4.78 is 2.13. The third kappa shape index (κ3) is 3.45. The van der Waals surface area contributed by atoms with Gasteiger partial charge in [0.1, 0.15) is 4.70 Å². The fourth-order valence-corrected chi connectivity index (χ4v) is 2.86. The van der Waals surface area contributed by atoms with Gasteiger partial charge in [0.2, 0.25) is 0 Å². The van der Waals surface area contributed by atoms with E-state index in [1.54, 1.807) is 0 Å². The average molecular weight is 295 g/mol. The van der Waals surface area contributed by atoms with Crippen molar-refractivity contribution < 1.29 is 5.11 Å². The van der Waals surface area contributed by atoms with Gasteiger partial charge < -0.3 is 10.4 Å². The zero-order chi connectivity index (χ0) is 14.9. The van der Waals surface area contributed by atoms with E-state index in [2.05, 4.69) is 10.3 Å². The fraction of sp³-hybridized carbons (Fsp3) is 0.571. The number of aromatic nitrogens is 2. The minimum Gasteiger partial charge on any atom is -0.390 e. The van der Waals surface area contributed by atoms with Crippen LogP contribution in [0.2, 0.25) is 0 Å². The Morgan fingerprint density at radius 2 is 2.20 bits per heavy atom. The van der Waals surface area contributed by atoms with Crippen LogP contribution in [0, 0.1) is 6.92 Å². The number of hydrogen-bond donors (Lipinski definition) is 2. The van der Waals surface area contributed by atoms with Gasteiger partial charge in [-0.25, -0.2) is 4.98 Å². The number of fused-ring (bicyclic) bond motifs is 1. The Morgan fingerprint density at radius 1 is 1.50 bits per heavy atom. The van der Waals surface area contributed by atoms with E-state index >= 15 is 0 Å². The van der Waals surface area contributed by atoms with Gasteiger partial charge in [-0.15, -0.1) is 11.3 Å². The van der Waals surface area contributed by atoms with Crippen molar-refractivity contribution in [2.45, 2.75) is 45.9 Å². The van der Waals surface area contributed by atoms with Gasteiger partial charge in [-0.3, -0.25) is 9.36 Å². The lowest BCUT2D eigenvalue weighted by Crippen LogP contribution is -2.42. The molecule has 6 heteroatoms. The maximum Gasteiger partial charge on any atom is 0.271 e. The second kappa shape index (κ2) is 5.63. The van der Waals surface area contributed by atoms with Gasteiger partial charge in [0.05, 0.1) is 24.5 Å². The zero-order valence-electron chi connectivity index (χ0n) is 12.3. The summed E-state index contributed by atoms with van der Waals surface area (Å²) in [7, 11) is 0. The molecule has 5 nitrogen and oxygen atoms in total. The van der Waals surface area contributed by atoms with Gasteiger partial charge >= 0.3 is 0 Å². The Balaban J connectivity index is 2.14. The first kappa shape index (κ1) is 15.2. The molecule has 2 heterocycles. The quantitative estimate of drug-likeness (QED) is 0.897. The maximum atomic E-state index is 12.3. The van der Waals surface area contributed by atoms with Crippen molar-refractivity contribution in [3.8, 4) is 0 Å². The number of nitrogens with zero attached hydrogens (tertiary/aromatic N) is 2. The number of hydrogen-bond acceptors (Lipinski definition) is 5. The lowest BCUT2D eigenvalue weighted by molar-refractivity contribution is 0.140. The summed E-state index contributed by atoms with van der Waals surface area (Å²) in [4.78, 5) is 16.6. The SMILES string of the molecule is Cc1csc2c(=O)n(CC(O)CNC(C)(C)C)cnc12. The molecule has 1 unspecified atom stereocenters. The van der Waals surface area contributed by atoms with Crippen LogP contribution < -0.4 is 10.9 Å². The molecule has 0 aliphatic carbocycles. The molecule has 0 aromatic carbocycles. The summed E-state index contributed by atoms with van der Waals surface area (Å²) in [5.74, 6) is 0. The summed E-state index contributed by atoms with van der Waals surface area (Å²) >= 11 is 1.41. The van der Waals surface area contributed by atoms with Gasteiger partial charge in [0.25, 0.3) is 5.56 Å². The Kier molecular flexibility index (Phi) is 4.27. The van der Waals surface area contributed by atoms with Gasteiger partial charge in [-0.05, 0) is 38.6 Å². The highest BCUT2D eigenvalue weighted by Gasteiger charge is 2.14. The molecule has 0 amide bonds. The molecule has 0 spiro atoms. The smallest absolute Gasteiger partial charge is 0.271 e. The van der Waals surface area contributed by atoms with Crippen LogP contribution >= 0.6 is 11.3 Å². The van der Waals surface area contributed by atoms with E-state index in [9.17, 15) is 9.90 Å². The van der Waals surface area contributed by atoms with Gasteiger partial charge in [0.15, 0.2) is 0 Å². The lowest BCUT2D eigenvalue weighted by Gasteiger charge is -2.23. The predicted octanol–water partition coefficient (Wildman–Crippen LogP) is 1.52. The lowest BCUT2D eigenvalue weighted by atomic mass is 10.1. The third-order valence-corrected chi connectivity index (χ3v) is 4.07. The van der Waals surface area contributed by atoms with Crippen molar-refractivity contribution in [2.75, 3.05) is 6.54 Å². The highest BCUT2D eigenvalue weighted by molar-refractivity contribution is 7.17. The van der Waals surface area contributed by atoms with Crippen molar-refractivity contribution in [1.29, 1.82) is 0 Å². The molecular weight excluding hydrogens is 274 g/mol. The van der Waals surface area contributed by atoms with E-state index < -0.39 is 6.10 Å². The van der Waals surface area contributed by atoms with Crippen molar-refractivity contribution in [1.82, 2.24) is 14.9 Å². The minimum atomic E-state index is -0.618. The number of aliphatic hydroxyl groups is 1. The van der Waals surface area contributed by atoms with E-state index in [-0.39, 0.29) is 17.6 Å². The monoisotopic (exact) mass is 295 g/mol. The van der Waals surface area contributed by atoms with E-state index in [1.165, 1.54) is 22.2 Å². The molecule has 0 fully saturated rings. The Hall–Kier alpha value is -1.24. The van der Waals surface area contributed by atoms with Crippen LogP contribution in [-0.4, -0.2) is 32.8 Å². The number of aryl methyl sites for hydroxylation is 1. The molecule has 110 valence electrons. The molecule has 2 N–H and O–H groups in total. The molecule has 0 bridgehead atoms. The topological polar surface area (TPSA) is 67.2 Å². The van der Waals surface area contributed by atoms with Crippen molar-refractivity contribution >= 4 is 21.6 Å². The largest absolute Gasteiger partial charge is 0.390 e. The van der Waals surface area contributed by atoms with E-state index in [0.29, 0.717) is 11.2 Å². The summed E-state index contributed by atoms with van der Waals surface area (Å²) in [5.41, 5.74) is 1.64. The zero-order valence-corrected chi connectivity index (χ0v) is 13.1. The molecule has 2 aromatic rings. The van der Waals surface area contributed by atoms with Crippen molar-refractivity contribution in [3.63, 3.8) is 0 Å². The first-order valence-electron chi connectivity index (χ1n) is 6.64. The van der Waals surface area contributed by atoms with Crippen LogP contribution in [0.25, 0.3) is 10.2 Å². The maximum absolute atomic E-state index is 12.3. The molecule has 2 aromatic heterocycles. The fourth-order valence-electron chi connectivity index (χ4n) is 1.91. The van der Waals surface area contributed by atoms with E-state index in [4.69, 9.17) is 0 Å². The molecule has 0 saturated heterocycles. The molecule has 0 aliphatic rings. The van der Waals surface area contributed by atoms with Crippen molar-refractivity contribution in [3.05, 3.63) is 27.6 Å². The highest BCUT2D eigenvalue weighted by Crippen LogP contribution is 2.19. The van der Waals surface area contributed by atoms with Crippen LogP contribution in [0.5, 0.6) is 0 Å². The van der Waals surface area contributed by atoms with Gasteiger partial charge in [0, 0.05) is 12.1 Å². The highest BCUT2D eigenvalue weighted by atomic mass is 32.1. The summed E-state index contributed by atoms with van der Waals surface area (Å²) in [6.45, 7) is 8.74. The summed E-state index contributed by atoms with van der Waals surface area (Å²) in [5, 5.41) is 15.2.